The Kier molecular flexibility index (Phi) is 6.75. The number of nitrogens with zero attached hydrogens (tertiary/aromatic N) is 2. The Morgan fingerprint density at radius 2 is 2.16 bits per heavy atom. The van der Waals surface area contributed by atoms with Crippen molar-refractivity contribution in [1.29, 1.82) is 0 Å². The van der Waals surface area contributed by atoms with Gasteiger partial charge in [-0.25, -0.2) is 0 Å². The highest BCUT2D eigenvalue weighted by Gasteiger charge is 2.28. The van der Waals surface area contributed by atoms with E-state index in [0.29, 0.717) is 26.3 Å². The molecule has 1 aliphatic heterocycles. The summed E-state index contributed by atoms with van der Waals surface area (Å²) in [7, 11) is 4.90. The topological polar surface area (TPSA) is 71.1 Å². The number of nitrogens with one attached hydrogen (secondary N) is 1. The van der Waals surface area contributed by atoms with Crippen molar-refractivity contribution in [2.45, 2.75) is 6.10 Å². The summed E-state index contributed by atoms with van der Waals surface area (Å²) in [4.78, 5) is 27.0. The molecule has 110 valence electrons. The average Bonchev–Trinajstić information content (AvgIpc) is 2.43. The molecule has 7 heteroatoms. The average molecular weight is 273 g/mol. The van der Waals surface area contributed by atoms with E-state index < -0.39 is 6.10 Å². The van der Waals surface area contributed by atoms with Crippen molar-refractivity contribution in [2.75, 3.05) is 60.6 Å². The molecule has 0 aliphatic carbocycles. The van der Waals surface area contributed by atoms with E-state index in [9.17, 15) is 9.59 Å². The van der Waals surface area contributed by atoms with Crippen LogP contribution in [0, 0.1) is 0 Å². The predicted molar refractivity (Wildman–Crippen MR) is 69.8 cm³/mol. The molecule has 0 bridgehead atoms. The van der Waals surface area contributed by atoms with E-state index in [1.807, 2.05) is 0 Å². The summed E-state index contributed by atoms with van der Waals surface area (Å²) in [6.07, 6.45) is -0.513. The van der Waals surface area contributed by atoms with Gasteiger partial charge in [-0.2, -0.15) is 0 Å². The first-order valence-corrected chi connectivity index (χ1v) is 6.36. The zero-order chi connectivity index (χ0) is 14.3. The first kappa shape index (κ1) is 15.9. The Bertz CT molecular complexity index is 303. The molecular formula is C12H23N3O4. The zero-order valence-corrected chi connectivity index (χ0v) is 11.8. The van der Waals surface area contributed by atoms with Crippen LogP contribution in [0.3, 0.4) is 0 Å². The van der Waals surface area contributed by atoms with Crippen molar-refractivity contribution >= 4 is 11.8 Å². The fourth-order valence-electron chi connectivity index (χ4n) is 1.70. The molecule has 0 aromatic rings. The van der Waals surface area contributed by atoms with E-state index in [0.717, 1.165) is 6.54 Å². The van der Waals surface area contributed by atoms with Crippen molar-refractivity contribution in [2.24, 2.45) is 0 Å². The molecule has 0 aromatic heterocycles. The molecule has 1 saturated heterocycles. The highest BCUT2D eigenvalue weighted by Crippen LogP contribution is 2.03. The van der Waals surface area contributed by atoms with Gasteiger partial charge in [-0.1, -0.05) is 0 Å². The molecule has 0 spiro atoms. The summed E-state index contributed by atoms with van der Waals surface area (Å²) >= 11 is 0. The quantitative estimate of drug-likeness (QED) is 0.640. The number of rotatable bonds is 6. The number of ether oxygens (including phenoxy) is 2. The normalized spacial score (nSPS) is 19.0. The molecule has 1 heterocycles. The van der Waals surface area contributed by atoms with Gasteiger partial charge in [-0.15, -0.1) is 0 Å². The highest BCUT2D eigenvalue weighted by atomic mass is 16.5. The van der Waals surface area contributed by atoms with Gasteiger partial charge in [0.05, 0.1) is 19.8 Å². The van der Waals surface area contributed by atoms with Crippen LogP contribution in [0.4, 0.5) is 0 Å². The minimum atomic E-state index is -0.513. The molecule has 0 aromatic carbocycles. The molecule has 1 atom stereocenters. The Balaban J connectivity index is 2.60. The fourth-order valence-corrected chi connectivity index (χ4v) is 1.70. The van der Waals surface area contributed by atoms with Crippen molar-refractivity contribution in [1.82, 2.24) is 15.1 Å². The lowest BCUT2D eigenvalue weighted by atomic mass is 10.2. The van der Waals surface area contributed by atoms with Crippen molar-refractivity contribution in [3.8, 4) is 0 Å². The molecule has 1 N–H and O–H groups in total. The third kappa shape index (κ3) is 5.14. The molecule has 1 aliphatic rings. The van der Waals surface area contributed by atoms with Gasteiger partial charge in [0, 0.05) is 40.8 Å². The maximum absolute atomic E-state index is 12.3. The largest absolute Gasteiger partial charge is 0.383 e. The van der Waals surface area contributed by atoms with Crippen LogP contribution in [-0.2, 0) is 19.1 Å². The van der Waals surface area contributed by atoms with Gasteiger partial charge < -0.3 is 24.6 Å². The summed E-state index contributed by atoms with van der Waals surface area (Å²) in [6.45, 7) is 2.57. The van der Waals surface area contributed by atoms with Gasteiger partial charge in [-0.05, 0) is 0 Å². The summed E-state index contributed by atoms with van der Waals surface area (Å²) in [6, 6.07) is 0. The first-order valence-electron chi connectivity index (χ1n) is 6.36. The lowest BCUT2D eigenvalue weighted by Gasteiger charge is -2.30. The Labute approximate surface area is 113 Å². The van der Waals surface area contributed by atoms with Gasteiger partial charge in [0.1, 0.15) is 6.10 Å². The van der Waals surface area contributed by atoms with E-state index in [1.54, 1.807) is 21.2 Å². The maximum Gasteiger partial charge on any atom is 0.253 e. The number of methoxy groups -OCH3 is 1. The van der Waals surface area contributed by atoms with Crippen LogP contribution in [0.15, 0.2) is 0 Å². The van der Waals surface area contributed by atoms with E-state index in [2.05, 4.69) is 5.32 Å². The van der Waals surface area contributed by atoms with Gasteiger partial charge in [0.15, 0.2) is 0 Å². The smallest absolute Gasteiger partial charge is 0.253 e. The van der Waals surface area contributed by atoms with Crippen LogP contribution >= 0.6 is 0 Å². The number of amides is 2. The predicted octanol–water partition coefficient (Wildman–Crippen LogP) is -1.46. The van der Waals surface area contributed by atoms with Gasteiger partial charge in [0.2, 0.25) is 5.91 Å². The monoisotopic (exact) mass is 273 g/mol. The Hall–Kier alpha value is -1.18. The SMILES string of the molecule is COCCN(CC(=O)N(C)C)C(=O)C1CNCCO1. The summed E-state index contributed by atoms with van der Waals surface area (Å²) in [5.41, 5.74) is 0. The van der Waals surface area contributed by atoms with E-state index in [1.165, 1.54) is 9.80 Å². The lowest BCUT2D eigenvalue weighted by molar-refractivity contribution is -0.149. The molecule has 0 saturated carbocycles. The second kappa shape index (κ2) is 8.08. The number of carbonyl (C=O) groups is 2. The van der Waals surface area contributed by atoms with Crippen LogP contribution in [-0.4, -0.2) is 88.3 Å². The molecule has 2 amide bonds. The Morgan fingerprint density at radius 3 is 2.68 bits per heavy atom. The number of morpholine rings is 1. The van der Waals surface area contributed by atoms with Crippen molar-refractivity contribution < 1.29 is 19.1 Å². The molecule has 1 fully saturated rings. The minimum Gasteiger partial charge on any atom is -0.383 e. The van der Waals surface area contributed by atoms with Crippen LogP contribution < -0.4 is 5.32 Å². The molecular weight excluding hydrogens is 250 g/mol. The second-order valence-electron chi connectivity index (χ2n) is 4.60. The summed E-state index contributed by atoms with van der Waals surface area (Å²) in [5, 5.41) is 3.10. The van der Waals surface area contributed by atoms with Gasteiger partial charge in [0.25, 0.3) is 5.91 Å². The number of hydrogen-bond donors (Lipinski definition) is 1. The van der Waals surface area contributed by atoms with Gasteiger partial charge >= 0.3 is 0 Å². The van der Waals surface area contributed by atoms with Crippen molar-refractivity contribution in [3.05, 3.63) is 0 Å². The molecule has 0 radical (unpaired) electrons. The van der Waals surface area contributed by atoms with Crippen LogP contribution in [0.2, 0.25) is 0 Å². The van der Waals surface area contributed by atoms with Crippen LogP contribution in [0.1, 0.15) is 0 Å². The molecule has 7 nitrogen and oxygen atoms in total. The maximum atomic E-state index is 12.3. The lowest BCUT2D eigenvalue weighted by Crippen LogP contribution is -2.52. The summed E-state index contributed by atoms with van der Waals surface area (Å²) in [5.74, 6) is -0.285. The number of likely N-dealkylation sites (N-methyl/N-ethyl adjacent to an activating group) is 1. The minimum absolute atomic E-state index is 0.0506. The third-order valence-electron chi connectivity index (χ3n) is 2.90. The molecule has 1 rings (SSSR count). The van der Waals surface area contributed by atoms with Crippen molar-refractivity contribution in [3.63, 3.8) is 0 Å². The van der Waals surface area contributed by atoms with Gasteiger partial charge in [-0.3, -0.25) is 9.59 Å². The molecule has 1 unspecified atom stereocenters. The van der Waals surface area contributed by atoms with Crippen LogP contribution in [0.5, 0.6) is 0 Å². The second-order valence-corrected chi connectivity index (χ2v) is 4.60. The van der Waals surface area contributed by atoms with E-state index in [4.69, 9.17) is 9.47 Å². The summed E-state index contributed by atoms with van der Waals surface area (Å²) < 4.78 is 10.4. The number of hydrogen-bond acceptors (Lipinski definition) is 5. The van der Waals surface area contributed by atoms with E-state index in [-0.39, 0.29) is 18.4 Å². The number of carbonyl (C=O) groups excluding carboxylic acids is 2. The highest BCUT2D eigenvalue weighted by molar-refractivity contribution is 5.87. The molecule has 19 heavy (non-hydrogen) atoms. The third-order valence-corrected chi connectivity index (χ3v) is 2.90. The zero-order valence-electron chi connectivity index (χ0n) is 11.8. The Morgan fingerprint density at radius 1 is 1.42 bits per heavy atom. The van der Waals surface area contributed by atoms with E-state index >= 15 is 0 Å². The van der Waals surface area contributed by atoms with Crippen LogP contribution in [0.25, 0.3) is 0 Å². The first-order chi connectivity index (χ1) is 9.06. The fraction of sp³-hybridized carbons (Fsp3) is 0.833. The standard InChI is InChI=1S/C12H23N3O4/c1-14(2)11(16)9-15(5-7-18-3)12(17)10-8-13-4-6-19-10/h10,13H,4-9H2,1-3H3.